The molecule has 0 heterocycles. The van der Waals surface area contributed by atoms with E-state index in [2.05, 4.69) is 108 Å². The molecule has 0 amide bonds. The quantitative estimate of drug-likeness (QED) is 0.315. The zero-order valence-electron chi connectivity index (χ0n) is 18.1. The SMILES string of the molecule is BC(C)(CC(C)(C)C(C)C)SCSC(C)(C)CC(C)(C)C(C)C. The molecule has 0 spiro atoms. The Morgan fingerprint density at radius 3 is 1.48 bits per heavy atom. The van der Waals surface area contributed by atoms with Crippen molar-refractivity contribution in [3.63, 3.8) is 0 Å². The maximum Gasteiger partial charge on any atom is 0.122 e. The van der Waals surface area contributed by atoms with E-state index in [1.807, 2.05) is 0 Å². The summed E-state index contributed by atoms with van der Waals surface area (Å²) in [5.41, 5.74) is 0.826. The Morgan fingerprint density at radius 1 is 0.696 bits per heavy atom. The Hall–Kier alpha value is 0.765. The van der Waals surface area contributed by atoms with Crippen molar-refractivity contribution < 1.29 is 0 Å². The van der Waals surface area contributed by atoms with Crippen molar-refractivity contribution >= 4 is 31.4 Å². The molecule has 1 atom stereocenters. The molecule has 0 saturated heterocycles. The highest BCUT2D eigenvalue weighted by molar-refractivity contribution is 8.17. The summed E-state index contributed by atoms with van der Waals surface area (Å²) in [6.07, 6.45) is 2.56. The van der Waals surface area contributed by atoms with Crippen molar-refractivity contribution in [2.24, 2.45) is 22.7 Å². The van der Waals surface area contributed by atoms with E-state index in [-0.39, 0.29) is 0 Å². The highest BCUT2D eigenvalue weighted by Gasteiger charge is 2.34. The third kappa shape index (κ3) is 9.14. The van der Waals surface area contributed by atoms with Crippen LogP contribution in [-0.4, -0.2) is 22.3 Å². The maximum atomic E-state index is 2.42. The minimum Gasteiger partial charge on any atom is -0.154 e. The van der Waals surface area contributed by atoms with E-state index in [0.29, 0.717) is 20.2 Å². The maximum absolute atomic E-state index is 2.42. The van der Waals surface area contributed by atoms with E-state index >= 15 is 0 Å². The van der Waals surface area contributed by atoms with Gasteiger partial charge in [-0.1, -0.05) is 76.2 Å². The van der Waals surface area contributed by atoms with Gasteiger partial charge in [0.15, 0.2) is 0 Å². The van der Waals surface area contributed by atoms with Crippen LogP contribution in [-0.2, 0) is 0 Å². The first kappa shape index (κ1) is 23.8. The molecular weight excluding hydrogens is 315 g/mol. The number of thioether (sulfide) groups is 2. The molecule has 0 bridgehead atoms. The first-order valence-corrected chi connectivity index (χ1v) is 11.3. The van der Waals surface area contributed by atoms with Gasteiger partial charge in [-0.25, -0.2) is 0 Å². The minimum absolute atomic E-state index is 0.352. The van der Waals surface area contributed by atoms with Crippen molar-refractivity contribution in [2.75, 3.05) is 5.08 Å². The molecule has 0 fully saturated rings. The lowest BCUT2D eigenvalue weighted by atomic mass is 9.69. The summed E-state index contributed by atoms with van der Waals surface area (Å²) in [5.74, 6) is 1.47. The topological polar surface area (TPSA) is 0 Å². The van der Waals surface area contributed by atoms with E-state index in [9.17, 15) is 0 Å². The van der Waals surface area contributed by atoms with Gasteiger partial charge >= 0.3 is 0 Å². The first-order chi connectivity index (χ1) is 10.0. The molecule has 1 unspecified atom stereocenters. The molecule has 0 radical (unpaired) electrons. The number of rotatable bonds is 10. The summed E-state index contributed by atoms with van der Waals surface area (Å²) >= 11 is 4.29. The standard InChI is InChI=1S/C20H43BS2/c1-15(2)17(5,6)12-19(9,10)22-14-23-20(11,21)13-18(7,8)16(3)4/h15-16H,12-14,21H2,1-11H3. The fourth-order valence-corrected chi connectivity index (χ4v) is 6.79. The summed E-state index contributed by atoms with van der Waals surface area (Å²) in [6.45, 7) is 26.4. The van der Waals surface area contributed by atoms with Gasteiger partial charge in [0.2, 0.25) is 0 Å². The van der Waals surface area contributed by atoms with E-state index in [1.54, 1.807) is 0 Å². The lowest BCUT2D eigenvalue weighted by Gasteiger charge is -2.39. The summed E-state index contributed by atoms with van der Waals surface area (Å²) in [4.78, 5) is 0. The molecule has 138 valence electrons. The number of hydrogen-bond acceptors (Lipinski definition) is 2. The van der Waals surface area contributed by atoms with Gasteiger partial charge in [-0.05, 0) is 40.2 Å². The second kappa shape index (κ2) is 8.43. The molecule has 0 N–H and O–H groups in total. The molecule has 0 aromatic carbocycles. The van der Waals surface area contributed by atoms with Crippen molar-refractivity contribution in [3.05, 3.63) is 0 Å². The van der Waals surface area contributed by atoms with Crippen LogP contribution < -0.4 is 0 Å². The van der Waals surface area contributed by atoms with Crippen molar-refractivity contribution in [1.82, 2.24) is 0 Å². The van der Waals surface area contributed by atoms with Crippen LogP contribution in [0.3, 0.4) is 0 Å². The third-order valence-corrected chi connectivity index (χ3v) is 8.58. The van der Waals surface area contributed by atoms with Crippen LogP contribution in [0.2, 0.25) is 0 Å². The molecule has 23 heavy (non-hydrogen) atoms. The van der Waals surface area contributed by atoms with Gasteiger partial charge in [0, 0.05) is 9.83 Å². The zero-order chi connectivity index (χ0) is 18.7. The highest BCUT2D eigenvalue weighted by atomic mass is 32.2. The number of hydrogen-bond donors (Lipinski definition) is 0. The largest absolute Gasteiger partial charge is 0.154 e. The Balaban J connectivity index is 4.52. The Morgan fingerprint density at radius 2 is 1.09 bits per heavy atom. The van der Waals surface area contributed by atoms with E-state index in [0.717, 1.165) is 11.8 Å². The second-order valence-corrected chi connectivity index (χ2v) is 14.3. The third-order valence-electron chi connectivity index (χ3n) is 5.79. The van der Waals surface area contributed by atoms with Crippen molar-refractivity contribution in [2.45, 2.75) is 98.4 Å². The monoisotopic (exact) mass is 358 g/mol. The Bertz CT molecular complexity index is 321. The predicted octanol–water partition coefficient (Wildman–Crippen LogP) is 6.68. The molecule has 3 heteroatoms. The second-order valence-electron chi connectivity index (χ2n) is 10.6. The van der Waals surface area contributed by atoms with Gasteiger partial charge in [0.25, 0.3) is 0 Å². The lowest BCUT2D eigenvalue weighted by Crippen LogP contribution is -2.33. The van der Waals surface area contributed by atoms with Gasteiger partial charge in [0.05, 0.1) is 0 Å². The van der Waals surface area contributed by atoms with Crippen molar-refractivity contribution in [3.8, 4) is 0 Å². The van der Waals surface area contributed by atoms with Crippen LogP contribution >= 0.6 is 23.5 Å². The minimum atomic E-state index is 0.352. The van der Waals surface area contributed by atoms with Gasteiger partial charge in [0.1, 0.15) is 7.85 Å². The van der Waals surface area contributed by atoms with Gasteiger partial charge in [-0.15, -0.1) is 11.8 Å². The fourth-order valence-electron chi connectivity index (χ4n) is 3.05. The lowest BCUT2D eigenvalue weighted by molar-refractivity contribution is 0.210. The highest BCUT2D eigenvalue weighted by Crippen LogP contribution is 2.45. The van der Waals surface area contributed by atoms with Gasteiger partial charge in [-0.2, -0.15) is 11.8 Å². The zero-order valence-corrected chi connectivity index (χ0v) is 19.7. The predicted molar refractivity (Wildman–Crippen MR) is 118 cm³/mol. The Kier molecular flexibility index (Phi) is 8.71. The molecular formula is C20H43BS2. The average molecular weight is 359 g/mol. The van der Waals surface area contributed by atoms with Gasteiger partial charge in [-0.3, -0.25) is 0 Å². The normalized spacial score (nSPS) is 16.9. The first-order valence-electron chi connectivity index (χ1n) is 9.29. The summed E-state index contributed by atoms with van der Waals surface area (Å²) in [5, 5.41) is 1.20. The molecule has 0 aliphatic carbocycles. The molecule has 0 aromatic heterocycles. The molecule has 0 nitrogen and oxygen atoms in total. The molecule has 0 aliphatic rings. The van der Waals surface area contributed by atoms with Crippen LogP contribution in [0.5, 0.6) is 0 Å². The van der Waals surface area contributed by atoms with Crippen LogP contribution in [0, 0.1) is 22.7 Å². The molecule has 0 saturated carbocycles. The van der Waals surface area contributed by atoms with Crippen molar-refractivity contribution in [1.29, 1.82) is 0 Å². The van der Waals surface area contributed by atoms with Crippen LogP contribution in [0.1, 0.15) is 89.0 Å². The van der Waals surface area contributed by atoms with Gasteiger partial charge < -0.3 is 0 Å². The molecule has 0 aromatic rings. The average Bonchev–Trinajstić information content (AvgIpc) is 2.24. The van der Waals surface area contributed by atoms with Crippen LogP contribution in [0.4, 0.5) is 0 Å². The van der Waals surface area contributed by atoms with E-state index in [4.69, 9.17) is 0 Å². The summed E-state index contributed by atoms with van der Waals surface area (Å²) < 4.78 is 0.703. The van der Waals surface area contributed by atoms with Crippen LogP contribution in [0.15, 0.2) is 0 Å². The van der Waals surface area contributed by atoms with E-state index in [1.165, 1.54) is 17.9 Å². The fraction of sp³-hybridized carbons (Fsp3) is 1.00. The Labute approximate surface area is 157 Å². The smallest absolute Gasteiger partial charge is 0.122 e. The molecule has 0 rings (SSSR count). The van der Waals surface area contributed by atoms with E-state index < -0.39 is 0 Å². The van der Waals surface area contributed by atoms with Crippen LogP contribution in [0.25, 0.3) is 0 Å². The summed E-state index contributed by atoms with van der Waals surface area (Å²) in [6, 6.07) is 0. The summed E-state index contributed by atoms with van der Waals surface area (Å²) in [7, 11) is 2.42. The molecule has 0 aliphatic heterocycles.